The molecule has 16 heavy (non-hydrogen) atoms. The molecule has 0 aromatic heterocycles. The number of alkyl carbamates (subject to hydrolysis) is 1. The summed E-state index contributed by atoms with van der Waals surface area (Å²) in [4.78, 5) is 11.2. The lowest BCUT2D eigenvalue weighted by molar-refractivity contribution is 0.0406. The maximum atomic E-state index is 11.2. The van der Waals surface area contributed by atoms with Crippen LogP contribution in [0.15, 0.2) is 0 Å². The van der Waals surface area contributed by atoms with Crippen LogP contribution >= 0.6 is 0 Å². The van der Waals surface area contributed by atoms with Gasteiger partial charge in [0.25, 0.3) is 0 Å². The van der Waals surface area contributed by atoms with E-state index in [0.29, 0.717) is 6.61 Å². The highest BCUT2D eigenvalue weighted by Crippen LogP contribution is 2.07. The predicted molar refractivity (Wildman–Crippen MR) is 68.3 cm³/mol. The molecular weight excluding hydrogens is 222 g/mol. The maximum absolute atomic E-state index is 11.2. The van der Waals surface area contributed by atoms with Crippen LogP contribution in [0.3, 0.4) is 0 Å². The van der Waals surface area contributed by atoms with Crippen molar-refractivity contribution in [1.29, 1.82) is 0 Å². The average Bonchev–Trinajstić information content (AvgIpc) is 1.97. The quantitative estimate of drug-likeness (QED) is 0.462. The summed E-state index contributed by atoms with van der Waals surface area (Å²) in [6, 6.07) is 1.10. The Kier molecular flexibility index (Phi) is 6.03. The summed E-state index contributed by atoms with van der Waals surface area (Å²) >= 11 is 0. The Bertz CT molecular complexity index is 218. The number of carbonyl (C=O) groups excluding carboxylic acids is 1. The molecular formula is C11H25NO3Si. The van der Waals surface area contributed by atoms with E-state index in [-0.39, 0.29) is 6.73 Å². The lowest BCUT2D eigenvalue weighted by atomic mass is 10.2. The highest BCUT2D eigenvalue weighted by molar-refractivity contribution is 6.76. The molecule has 0 fully saturated rings. The largest absolute Gasteiger partial charge is 0.444 e. The first kappa shape index (κ1) is 15.4. The zero-order valence-corrected chi connectivity index (χ0v) is 12.3. The Morgan fingerprint density at radius 3 is 2.25 bits per heavy atom. The van der Waals surface area contributed by atoms with Crippen molar-refractivity contribution in [2.24, 2.45) is 0 Å². The predicted octanol–water partition coefficient (Wildman–Crippen LogP) is 2.82. The Morgan fingerprint density at radius 1 is 1.25 bits per heavy atom. The van der Waals surface area contributed by atoms with Crippen LogP contribution in [0.25, 0.3) is 0 Å². The molecule has 1 amide bonds. The number of hydrogen-bond acceptors (Lipinski definition) is 3. The van der Waals surface area contributed by atoms with E-state index in [9.17, 15) is 4.79 Å². The molecule has 0 aliphatic rings. The zero-order chi connectivity index (χ0) is 12.8. The Balaban J connectivity index is 3.50. The van der Waals surface area contributed by atoms with E-state index in [0.717, 1.165) is 6.04 Å². The van der Waals surface area contributed by atoms with Crippen LogP contribution in [0, 0.1) is 0 Å². The van der Waals surface area contributed by atoms with Gasteiger partial charge < -0.3 is 9.47 Å². The van der Waals surface area contributed by atoms with Gasteiger partial charge in [0.1, 0.15) is 12.3 Å². The topological polar surface area (TPSA) is 47.6 Å². The van der Waals surface area contributed by atoms with Gasteiger partial charge in [-0.2, -0.15) is 0 Å². The van der Waals surface area contributed by atoms with E-state index >= 15 is 0 Å². The van der Waals surface area contributed by atoms with Crippen LogP contribution in [0.1, 0.15) is 20.8 Å². The van der Waals surface area contributed by atoms with Crippen LogP contribution in [-0.4, -0.2) is 33.1 Å². The van der Waals surface area contributed by atoms with Crippen LogP contribution in [0.5, 0.6) is 0 Å². The van der Waals surface area contributed by atoms with E-state index in [1.54, 1.807) is 0 Å². The summed E-state index contributed by atoms with van der Waals surface area (Å²) in [5, 5.41) is 2.56. The number of hydrogen-bond donors (Lipinski definition) is 1. The van der Waals surface area contributed by atoms with Crippen molar-refractivity contribution in [2.45, 2.75) is 52.1 Å². The molecule has 96 valence electrons. The minimum absolute atomic E-state index is 0.222. The minimum Gasteiger partial charge on any atom is -0.444 e. The van der Waals surface area contributed by atoms with Crippen molar-refractivity contribution in [3.05, 3.63) is 0 Å². The fraction of sp³-hybridized carbons (Fsp3) is 0.909. The van der Waals surface area contributed by atoms with E-state index in [2.05, 4.69) is 25.0 Å². The third-order valence-corrected chi connectivity index (χ3v) is 3.42. The lowest BCUT2D eigenvalue weighted by Gasteiger charge is -2.20. The van der Waals surface area contributed by atoms with Gasteiger partial charge in [0.15, 0.2) is 0 Å². The van der Waals surface area contributed by atoms with Gasteiger partial charge in [-0.1, -0.05) is 19.6 Å². The first-order valence-corrected chi connectivity index (χ1v) is 9.35. The summed E-state index contributed by atoms with van der Waals surface area (Å²) < 4.78 is 10.4. The van der Waals surface area contributed by atoms with E-state index < -0.39 is 19.8 Å². The van der Waals surface area contributed by atoms with Crippen LogP contribution in [-0.2, 0) is 9.47 Å². The first-order valence-electron chi connectivity index (χ1n) is 5.65. The molecule has 0 rings (SSSR count). The monoisotopic (exact) mass is 247 g/mol. The average molecular weight is 247 g/mol. The molecule has 0 saturated carbocycles. The molecule has 0 unspecified atom stereocenters. The van der Waals surface area contributed by atoms with Gasteiger partial charge in [-0.15, -0.1) is 0 Å². The smallest absolute Gasteiger partial charge is 0.409 e. The molecule has 0 aliphatic heterocycles. The third-order valence-electron chi connectivity index (χ3n) is 1.71. The maximum Gasteiger partial charge on any atom is 0.409 e. The molecule has 0 spiro atoms. The minimum atomic E-state index is -1.04. The van der Waals surface area contributed by atoms with Crippen molar-refractivity contribution in [1.82, 2.24) is 5.32 Å². The van der Waals surface area contributed by atoms with E-state index in [1.807, 2.05) is 20.8 Å². The molecule has 0 bridgehead atoms. The molecule has 0 heterocycles. The van der Waals surface area contributed by atoms with Crippen molar-refractivity contribution < 1.29 is 14.3 Å². The molecule has 5 heteroatoms. The summed E-state index contributed by atoms with van der Waals surface area (Å²) in [5.41, 5.74) is -0.456. The zero-order valence-electron chi connectivity index (χ0n) is 11.3. The fourth-order valence-corrected chi connectivity index (χ4v) is 1.63. The molecule has 4 nitrogen and oxygen atoms in total. The molecule has 0 aromatic carbocycles. The van der Waals surface area contributed by atoms with Crippen molar-refractivity contribution in [3.63, 3.8) is 0 Å². The van der Waals surface area contributed by atoms with E-state index in [4.69, 9.17) is 9.47 Å². The van der Waals surface area contributed by atoms with E-state index in [1.165, 1.54) is 0 Å². The summed E-state index contributed by atoms with van der Waals surface area (Å²) in [5.74, 6) is 0. The van der Waals surface area contributed by atoms with Gasteiger partial charge in [-0.25, -0.2) is 4.79 Å². The standard InChI is InChI=1S/C11H25NO3Si/c1-11(2,3)15-10(13)12-9-14-7-8-16(4,5)6/h7-9H2,1-6H3,(H,12,13). The van der Waals surface area contributed by atoms with Gasteiger partial charge in [0.05, 0.1) is 0 Å². The summed E-state index contributed by atoms with van der Waals surface area (Å²) in [6.07, 6.45) is -0.430. The molecule has 1 N–H and O–H groups in total. The van der Waals surface area contributed by atoms with Gasteiger partial charge in [0.2, 0.25) is 0 Å². The lowest BCUT2D eigenvalue weighted by Crippen LogP contribution is -2.34. The Hall–Kier alpha value is -0.553. The number of carbonyl (C=O) groups is 1. The number of nitrogens with one attached hydrogen (secondary N) is 1. The number of rotatable bonds is 5. The third kappa shape index (κ3) is 11.5. The highest BCUT2D eigenvalue weighted by atomic mass is 28.3. The Morgan fingerprint density at radius 2 is 1.81 bits per heavy atom. The second kappa shape index (κ2) is 6.25. The molecule has 0 saturated heterocycles. The summed E-state index contributed by atoms with van der Waals surface area (Å²) in [7, 11) is -1.04. The summed E-state index contributed by atoms with van der Waals surface area (Å²) in [6.45, 7) is 13.3. The second-order valence-corrected chi connectivity index (χ2v) is 11.7. The number of ether oxygens (including phenoxy) is 2. The number of amides is 1. The molecule has 0 aliphatic carbocycles. The van der Waals surface area contributed by atoms with Crippen LogP contribution in [0.2, 0.25) is 25.7 Å². The van der Waals surface area contributed by atoms with Gasteiger partial charge in [-0.3, -0.25) is 5.32 Å². The molecule has 0 radical (unpaired) electrons. The molecule has 0 atom stereocenters. The van der Waals surface area contributed by atoms with Crippen LogP contribution < -0.4 is 5.32 Å². The SMILES string of the molecule is CC(C)(C)OC(=O)NCOCC[Si](C)(C)C. The second-order valence-electron chi connectivity index (χ2n) is 6.04. The molecule has 0 aromatic rings. The van der Waals surface area contributed by atoms with Crippen LogP contribution in [0.4, 0.5) is 4.79 Å². The van der Waals surface area contributed by atoms with Crippen molar-refractivity contribution in [3.8, 4) is 0 Å². The Labute approximate surface area is 99.7 Å². The van der Waals surface area contributed by atoms with Gasteiger partial charge in [0, 0.05) is 14.7 Å². The van der Waals surface area contributed by atoms with Crippen molar-refractivity contribution in [2.75, 3.05) is 13.3 Å². The normalized spacial score (nSPS) is 12.4. The fourth-order valence-electron chi connectivity index (χ4n) is 0.875. The van der Waals surface area contributed by atoms with Crippen molar-refractivity contribution >= 4 is 14.2 Å². The van der Waals surface area contributed by atoms with Gasteiger partial charge >= 0.3 is 6.09 Å². The highest BCUT2D eigenvalue weighted by Gasteiger charge is 2.16. The first-order chi connectivity index (χ1) is 7.10. The van der Waals surface area contributed by atoms with Gasteiger partial charge in [-0.05, 0) is 26.8 Å².